The number of rotatable bonds is 6. The fraction of sp³-hybridized carbons (Fsp3) is 0.0435. The maximum absolute atomic E-state index is 12.0. The number of carboxylic acid groups (broad SMARTS) is 2. The van der Waals surface area contributed by atoms with Gasteiger partial charge in [0.25, 0.3) is 0 Å². The van der Waals surface area contributed by atoms with E-state index in [-0.39, 0.29) is 17.8 Å². The minimum Gasteiger partial charge on any atom is -0.478 e. The molecular formula is C23H14Cl3NO5. The van der Waals surface area contributed by atoms with Crippen LogP contribution in [0.15, 0.2) is 60.7 Å². The number of carboxylic acids is 2. The van der Waals surface area contributed by atoms with Crippen LogP contribution in [0.4, 0.5) is 0 Å². The van der Waals surface area contributed by atoms with Gasteiger partial charge < -0.3 is 19.5 Å². The van der Waals surface area contributed by atoms with E-state index >= 15 is 0 Å². The van der Waals surface area contributed by atoms with Crippen LogP contribution in [-0.4, -0.2) is 26.7 Å². The maximum atomic E-state index is 12.0. The zero-order valence-electron chi connectivity index (χ0n) is 16.2. The van der Waals surface area contributed by atoms with Crippen molar-refractivity contribution in [2.45, 2.75) is 6.54 Å². The molecule has 0 spiro atoms. The molecule has 162 valence electrons. The molecule has 0 atom stereocenters. The number of hydrogen-bond acceptors (Lipinski definition) is 3. The maximum Gasteiger partial charge on any atom is 0.352 e. The predicted molar refractivity (Wildman–Crippen MR) is 123 cm³/mol. The third-order valence-corrected chi connectivity index (χ3v) is 5.78. The van der Waals surface area contributed by atoms with Crippen molar-refractivity contribution in [3.8, 4) is 11.5 Å². The summed E-state index contributed by atoms with van der Waals surface area (Å²) < 4.78 is 7.53. The lowest BCUT2D eigenvalue weighted by Crippen LogP contribution is -2.09. The van der Waals surface area contributed by atoms with Gasteiger partial charge in [0, 0.05) is 29.1 Å². The zero-order chi connectivity index (χ0) is 23.0. The lowest BCUT2D eigenvalue weighted by atomic mass is 10.1. The number of ether oxygens (including phenoxy) is 1. The van der Waals surface area contributed by atoms with Gasteiger partial charge in [0.1, 0.15) is 17.2 Å². The number of halogens is 3. The summed E-state index contributed by atoms with van der Waals surface area (Å²) >= 11 is 18.3. The van der Waals surface area contributed by atoms with Crippen LogP contribution in [0.5, 0.6) is 11.5 Å². The second kappa shape index (κ2) is 8.74. The van der Waals surface area contributed by atoms with Crippen LogP contribution >= 0.6 is 34.8 Å². The molecule has 0 unspecified atom stereocenters. The van der Waals surface area contributed by atoms with Crippen molar-refractivity contribution >= 4 is 57.6 Å². The lowest BCUT2D eigenvalue weighted by molar-refractivity contribution is 0.0680. The summed E-state index contributed by atoms with van der Waals surface area (Å²) in [7, 11) is 0. The molecule has 0 bridgehead atoms. The number of hydrogen-bond donors (Lipinski definition) is 2. The average molecular weight is 491 g/mol. The first-order chi connectivity index (χ1) is 15.2. The van der Waals surface area contributed by atoms with Crippen LogP contribution in [0.2, 0.25) is 15.1 Å². The Hall–Kier alpha value is -3.19. The average Bonchev–Trinajstić information content (AvgIpc) is 3.10. The van der Waals surface area contributed by atoms with E-state index in [4.69, 9.17) is 44.6 Å². The molecule has 4 aromatic rings. The van der Waals surface area contributed by atoms with E-state index in [2.05, 4.69) is 0 Å². The minimum atomic E-state index is -1.13. The minimum absolute atomic E-state index is 0.0311. The van der Waals surface area contributed by atoms with Gasteiger partial charge in [-0.3, -0.25) is 0 Å². The normalized spacial score (nSPS) is 11.0. The summed E-state index contributed by atoms with van der Waals surface area (Å²) in [6.45, 7) is 0.192. The topological polar surface area (TPSA) is 88.8 Å². The highest BCUT2D eigenvalue weighted by molar-refractivity contribution is 6.42. The zero-order valence-corrected chi connectivity index (χ0v) is 18.4. The highest BCUT2D eigenvalue weighted by Crippen LogP contribution is 2.37. The number of aromatic carboxylic acids is 2. The fourth-order valence-corrected chi connectivity index (χ4v) is 3.82. The predicted octanol–water partition coefficient (Wildman–Crippen LogP) is 6.84. The van der Waals surface area contributed by atoms with Crippen LogP contribution in [-0.2, 0) is 6.54 Å². The number of aromatic nitrogens is 1. The van der Waals surface area contributed by atoms with E-state index in [0.29, 0.717) is 37.5 Å². The van der Waals surface area contributed by atoms with Crippen molar-refractivity contribution in [3.05, 3.63) is 92.6 Å². The lowest BCUT2D eigenvalue weighted by Gasteiger charge is -2.11. The first-order valence-electron chi connectivity index (χ1n) is 9.24. The first kappa shape index (κ1) is 22.0. The molecule has 6 nitrogen and oxygen atoms in total. The van der Waals surface area contributed by atoms with Gasteiger partial charge in [0.15, 0.2) is 0 Å². The summed E-state index contributed by atoms with van der Waals surface area (Å²) in [4.78, 5) is 23.0. The van der Waals surface area contributed by atoms with Crippen molar-refractivity contribution in [2.75, 3.05) is 0 Å². The van der Waals surface area contributed by atoms with Gasteiger partial charge in [0.2, 0.25) is 0 Å². The smallest absolute Gasteiger partial charge is 0.352 e. The van der Waals surface area contributed by atoms with Crippen LogP contribution in [0.3, 0.4) is 0 Å². The van der Waals surface area contributed by atoms with Crippen molar-refractivity contribution < 1.29 is 24.5 Å². The van der Waals surface area contributed by atoms with Crippen LogP contribution in [0.1, 0.15) is 26.4 Å². The molecule has 32 heavy (non-hydrogen) atoms. The summed E-state index contributed by atoms with van der Waals surface area (Å²) in [5.74, 6) is -1.39. The molecule has 0 radical (unpaired) electrons. The van der Waals surface area contributed by atoms with E-state index in [1.807, 2.05) is 0 Å². The molecule has 0 fully saturated rings. The third-order valence-electron chi connectivity index (χ3n) is 4.83. The van der Waals surface area contributed by atoms with E-state index in [1.54, 1.807) is 47.0 Å². The second-order valence-corrected chi connectivity index (χ2v) is 8.19. The van der Waals surface area contributed by atoms with E-state index < -0.39 is 11.9 Å². The largest absolute Gasteiger partial charge is 0.478 e. The summed E-state index contributed by atoms with van der Waals surface area (Å²) in [6, 6.07) is 15.7. The number of carbonyl (C=O) groups is 2. The number of benzene rings is 3. The van der Waals surface area contributed by atoms with E-state index in [1.165, 1.54) is 18.2 Å². The molecule has 0 aliphatic rings. The van der Waals surface area contributed by atoms with Gasteiger partial charge in [-0.15, -0.1) is 0 Å². The Morgan fingerprint density at radius 1 is 0.844 bits per heavy atom. The van der Waals surface area contributed by atoms with Crippen LogP contribution in [0, 0.1) is 0 Å². The van der Waals surface area contributed by atoms with Crippen molar-refractivity contribution in [2.24, 2.45) is 0 Å². The fourth-order valence-electron chi connectivity index (χ4n) is 3.33. The van der Waals surface area contributed by atoms with Crippen LogP contribution in [0.25, 0.3) is 10.9 Å². The molecular weight excluding hydrogens is 477 g/mol. The quantitative estimate of drug-likeness (QED) is 0.309. The molecule has 9 heteroatoms. The molecule has 4 rings (SSSR count). The van der Waals surface area contributed by atoms with Gasteiger partial charge in [-0.05, 0) is 42.0 Å². The molecule has 0 saturated heterocycles. The second-order valence-electron chi connectivity index (χ2n) is 6.94. The van der Waals surface area contributed by atoms with Gasteiger partial charge >= 0.3 is 11.9 Å². The number of fused-ring (bicyclic) bond motifs is 1. The Kier molecular flexibility index (Phi) is 6.02. The highest BCUT2D eigenvalue weighted by atomic mass is 35.5. The van der Waals surface area contributed by atoms with Gasteiger partial charge in [-0.25, -0.2) is 9.59 Å². The Labute approximate surface area is 197 Å². The summed E-state index contributed by atoms with van der Waals surface area (Å²) in [5, 5.41) is 20.4. The SMILES string of the molecule is O=C(O)c1ccc(Cn2c(C(=O)O)cc3c(Oc4ccc(Cl)c(Cl)c4)cc(Cl)cc32)cc1. The molecule has 0 saturated carbocycles. The Morgan fingerprint density at radius 3 is 2.19 bits per heavy atom. The monoisotopic (exact) mass is 489 g/mol. The standard InChI is InChI=1S/C23H14Cl3NO5/c24-14-7-19-16(21(8-14)32-15-5-6-17(25)18(26)9-15)10-20(23(30)31)27(19)11-12-1-3-13(4-2-12)22(28)29/h1-10H,11H2,(H,28,29)(H,30,31). The Balaban J connectivity index is 1.80. The van der Waals surface area contributed by atoms with Crippen LogP contribution < -0.4 is 4.74 Å². The summed E-state index contributed by atoms with van der Waals surface area (Å²) in [6.07, 6.45) is 0. The third kappa shape index (κ3) is 4.39. The van der Waals surface area contributed by atoms with Gasteiger partial charge in [0.05, 0.1) is 21.1 Å². The van der Waals surface area contributed by atoms with Crippen molar-refractivity contribution in [1.29, 1.82) is 0 Å². The van der Waals surface area contributed by atoms with Gasteiger partial charge in [-0.1, -0.05) is 46.9 Å². The van der Waals surface area contributed by atoms with Crippen molar-refractivity contribution in [3.63, 3.8) is 0 Å². The Morgan fingerprint density at radius 2 is 1.56 bits per heavy atom. The molecule has 0 aliphatic heterocycles. The van der Waals surface area contributed by atoms with Gasteiger partial charge in [-0.2, -0.15) is 0 Å². The molecule has 0 amide bonds. The molecule has 2 N–H and O–H groups in total. The summed E-state index contributed by atoms with van der Waals surface area (Å²) in [5.41, 5.74) is 1.45. The first-order valence-corrected chi connectivity index (χ1v) is 10.4. The molecule has 3 aromatic carbocycles. The molecule has 1 heterocycles. The van der Waals surface area contributed by atoms with Crippen molar-refractivity contribution in [1.82, 2.24) is 4.57 Å². The molecule has 1 aromatic heterocycles. The number of nitrogens with zero attached hydrogens (tertiary/aromatic N) is 1. The van der Waals surface area contributed by atoms with E-state index in [0.717, 1.165) is 5.56 Å². The van der Waals surface area contributed by atoms with E-state index in [9.17, 15) is 14.7 Å². The highest BCUT2D eigenvalue weighted by Gasteiger charge is 2.19. The Bertz CT molecular complexity index is 1360. The molecule has 0 aliphatic carbocycles.